The van der Waals surface area contributed by atoms with Crippen molar-refractivity contribution in [3.8, 4) is 0 Å². The van der Waals surface area contributed by atoms with Gasteiger partial charge in [-0.05, 0) is 20.3 Å². The molecule has 0 bridgehead atoms. The minimum Gasteiger partial charge on any atom is -0.368 e. The Kier molecular flexibility index (Phi) is 7.09. The lowest BCUT2D eigenvalue weighted by atomic mass is 10.4. The maximum atomic E-state index is 9.40. The molecule has 0 aromatic heterocycles. The average Bonchev–Trinajstić information content (AvgIpc) is 2.18. The molecule has 1 unspecified atom stereocenters. The first-order valence-corrected chi connectivity index (χ1v) is 5.27. The van der Waals surface area contributed by atoms with Gasteiger partial charge in [0.25, 0.3) is 5.97 Å². The second-order valence-electron chi connectivity index (χ2n) is 2.88. The van der Waals surface area contributed by atoms with Crippen LogP contribution in [0.25, 0.3) is 0 Å². The maximum Gasteiger partial charge on any atom is 0.284 e. The molecule has 0 heterocycles. The van der Waals surface area contributed by atoms with Gasteiger partial charge < -0.3 is 14.6 Å². The second-order valence-corrected chi connectivity index (χ2v) is 2.88. The molecule has 0 saturated heterocycles. The van der Waals surface area contributed by atoms with Crippen molar-refractivity contribution < 1.29 is 19.3 Å². The Morgan fingerprint density at radius 1 is 1.07 bits per heavy atom. The normalized spacial score (nSPS) is 14.4. The van der Waals surface area contributed by atoms with Gasteiger partial charge in [0.2, 0.25) is 0 Å². The van der Waals surface area contributed by atoms with Crippen molar-refractivity contribution in [3.63, 3.8) is 0 Å². The Hall–Kier alpha value is -0.160. The molecule has 0 saturated carbocycles. The summed E-state index contributed by atoms with van der Waals surface area (Å²) in [6, 6.07) is 0. The number of ether oxygens (including phenoxy) is 3. The second kappa shape index (κ2) is 7.17. The summed E-state index contributed by atoms with van der Waals surface area (Å²) < 4.78 is 16.1. The van der Waals surface area contributed by atoms with Crippen LogP contribution in [0.15, 0.2) is 0 Å². The van der Waals surface area contributed by atoms with Crippen molar-refractivity contribution in [1.29, 1.82) is 0 Å². The van der Waals surface area contributed by atoms with Crippen LogP contribution in [-0.4, -0.2) is 30.6 Å². The number of rotatable bonds is 8. The van der Waals surface area contributed by atoms with Crippen molar-refractivity contribution in [2.24, 2.45) is 0 Å². The predicted molar refractivity (Wildman–Crippen MR) is 53.7 cm³/mol. The molecule has 14 heavy (non-hydrogen) atoms. The first-order valence-electron chi connectivity index (χ1n) is 5.27. The smallest absolute Gasteiger partial charge is 0.284 e. The van der Waals surface area contributed by atoms with Gasteiger partial charge in [0.1, 0.15) is 0 Å². The first-order chi connectivity index (χ1) is 6.64. The SMILES string of the molecule is CCOC(CC)(OCC)OC(O)CC. The molecular weight excluding hydrogens is 184 g/mol. The maximum absolute atomic E-state index is 9.40. The van der Waals surface area contributed by atoms with Crippen LogP contribution in [0.1, 0.15) is 40.5 Å². The third-order valence-corrected chi connectivity index (χ3v) is 1.83. The average molecular weight is 206 g/mol. The monoisotopic (exact) mass is 206 g/mol. The van der Waals surface area contributed by atoms with Gasteiger partial charge in [0.05, 0.1) is 0 Å². The van der Waals surface area contributed by atoms with Crippen molar-refractivity contribution in [2.75, 3.05) is 13.2 Å². The van der Waals surface area contributed by atoms with Crippen molar-refractivity contribution in [3.05, 3.63) is 0 Å². The van der Waals surface area contributed by atoms with E-state index in [0.717, 1.165) is 0 Å². The Bertz CT molecular complexity index is 132. The summed E-state index contributed by atoms with van der Waals surface area (Å²) in [5.74, 6) is -1.08. The summed E-state index contributed by atoms with van der Waals surface area (Å²) in [5.41, 5.74) is 0. The lowest BCUT2D eigenvalue weighted by Crippen LogP contribution is -2.41. The number of aliphatic hydroxyl groups excluding tert-OH is 1. The molecule has 0 amide bonds. The number of aliphatic hydroxyl groups is 1. The van der Waals surface area contributed by atoms with Crippen molar-refractivity contribution >= 4 is 0 Å². The highest BCUT2D eigenvalue weighted by Crippen LogP contribution is 2.22. The highest BCUT2D eigenvalue weighted by Gasteiger charge is 2.32. The molecule has 0 aliphatic heterocycles. The zero-order chi connectivity index (χ0) is 11.0. The largest absolute Gasteiger partial charge is 0.368 e. The van der Waals surface area contributed by atoms with Gasteiger partial charge in [-0.1, -0.05) is 13.8 Å². The van der Waals surface area contributed by atoms with Gasteiger partial charge in [-0.15, -0.1) is 0 Å². The molecule has 0 rings (SSSR count). The molecule has 0 aromatic carbocycles. The highest BCUT2D eigenvalue weighted by molar-refractivity contribution is 4.55. The molecule has 1 N–H and O–H groups in total. The van der Waals surface area contributed by atoms with Crippen LogP contribution < -0.4 is 0 Å². The van der Waals surface area contributed by atoms with E-state index in [2.05, 4.69) is 0 Å². The highest BCUT2D eigenvalue weighted by atomic mass is 16.9. The standard InChI is InChI=1S/C10H22O4/c1-5-9(11)14-10(6-2,12-7-3)13-8-4/h9,11H,5-8H2,1-4H3. The predicted octanol–water partition coefficient (Wildman–Crippen LogP) is 1.87. The molecule has 0 aromatic rings. The fourth-order valence-corrected chi connectivity index (χ4v) is 1.13. The van der Waals surface area contributed by atoms with E-state index in [1.807, 2.05) is 27.7 Å². The van der Waals surface area contributed by atoms with Crippen LogP contribution in [0.5, 0.6) is 0 Å². The minimum atomic E-state index is -1.08. The van der Waals surface area contributed by atoms with E-state index in [1.54, 1.807) is 0 Å². The van der Waals surface area contributed by atoms with Gasteiger partial charge in [-0.25, -0.2) is 0 Å². The molecular formula is C10H22O4. The van der Waals surface area contributed by atoms with E-state index >= 15 is 0 Å². The zero-order valence-corrected chi connectivity index (χ0v) is 9.58. The molecule has 1 atom stereocenters. The van der Waals surface area contributed by atoms with Gasteiger partial charge in [-0.3, -0.25) is 4.74 Å². The lowest BCUT2D eigenvalue weighted by Gasteiger charge is -2.33. The van der Waals surface area contributed by atoms with Gasteiger partial charge >= 0.3 is 0 Å². The fourth-order valence-electron chi connectivity index (χ4n) is 1.13. The summed E-state index contributed by atoms with van der Waals surface area (Å²) >= 11 is 0. The molecule has 86 valence electrons. The lowest BCUT2D eigenvalue weighted by molar-refractivity contribution is -0.413. The number of hydrogen-bond donors (Lipinski definition) is 1. The zero-order valence-electron chi connectivity index (χ0n) is 9.58. The minimum absolute atomic E-state index is 0.490. The van der Waals surface area contributed by atoms with Crippen LogP contribution in [0.2, 0.25) is 0 Å². The quantitative estimate of drug-likeness (QED) is 0.616. The van der Waals surface area contributed by atoms with E-state index in [1.165, 1.54) is 0 Å². The van der Waals surface area contributed by atoms with Crippen LogP contribution in [-0.2, 0) is 14.2 Å². The van der Waals surface area contributed by atoms with Crippen LogP contribution >= 0.6 is 0 Å². The third-order valence-electron chi connectivity index (χ3n) is 1.83. The van der Waals surface area contributed by atoms with E-state index in [4.69, 9.17) is 14.2 Å². The van der Waals surface area contributed by atoms with E-state index in [0.29, 0.717) is 26.1 Å². The fraction of sp³-hybridized carbons (Fsp3) is 1.00. The Morgan fingerprint density at radius 2 is 1.57 bits per heavy atom. The van der Waals surface area contributed by atoms with Crippen molar-refractivity contribution in [1.82, 2.24) is 0 Å². The molecule has 0 aliphatic rings. The van der Waals surface area contributed by atoms with Crippen molar-refractivity contribution in [2.45, 2.75) is 52.8 Å². The summed E-state index contributed by atoms with van der Waals surface area (Å²) in [7, 11) is 0. The molecule has 0 spiro atoms. The third kappa shape index (κ3) is 4.37. The summed E-state index contributed by atoms with van der Waals surface area (Å²) in [6.45, 7) is 8.45. The van der Waals surface area contributed by atoms with E-state index < -0.39 is 12.3 Å². The van der Waals surface area contributed by atoms with Crippen LogP contribution in [0.3, 0.4) is 0 Å². The molecule has 4 nitrogen and oxygen atoms in total. The molecule has 4 heteroatoms. The van der Waals surface area contributed by atoms with Gasteiger partial charge in [0.15, 0.2) is 6.29 Å². The van der Waals surface area contributed by atoms with Crippen LogP contribution in [0.4, 0.5) is 0 Å². The van der Waals surface area contributed by atoms with Gasteiger partial charge in [-0.2, -0.15) is 0 Å². The number of hydrogen-bond acceptors (Lipinski definition) is 4. The Balaban J connectivity index is 4.31. The molecule has 0 radical (unpaired) electrons. The summed E-state index contributed by atoms with van der Waals surface area (Å²) in [6.07, 6.45) is 0.223. The molecule has 0 fully saturated rings. The Morgan fingerprint density at radius 3 is 1.86 bits per heavy atom. The van der Waals surface area contributed by atoms with Gasteiger partial charge in [0, 0.05) is 19.6 Å². The topological polar surface area (TPSA) is 47.9 Å². The summed E-state index contributed by atoms with van der Waals surface area (Å²) in [5, 5.41) is 9.40. The molecule has 0 aliphatic carbocycles. The Labute approximate surface area is 86.2 Å². The van der Waals surface area contributed by atoms with E-state index in [-0.39, 0.29) is 0 Å². The summed E-state index contributed by atoms with van der Waals surface area (Å²) in [4.78, 5) is 0. The van der Waals surface area contributed by atoms with E-state index in [9.17, 15) is 5.11 Å². The van der Waals surface area contributed by atoms with Crippen LogP contribution in [0, 0.1) is 0 Å². The first kappa shape index (κ1) is 13.8.